The van der Waals surface area contributed by atoms with Crippen molar-refractivity contribution in [2.45, 2.75) is 31.6 Å². The summed E-state index contributed by atoms with van der Waals surface area (Å²) in [6.45, 7) is 2.64. The highest BCUT2D eigenvalue weighted by Crippen LogP contribution is 2.18. The average Bonchev–Trinajstić information content (AvgIpc) is 2.50. The summed E-state index contributed by atoms with van der Waals surface area (Å²) >= 11 is 1.26. The quantitative estimate of drug-likeness (QED) is 0.893. The van der Waals surface area contributed by atoms with Gasteiger partial charge in [0.25, 0.3) is 0 Å². The number of benzene rings is 1. The summed E-state index contributed by atoms with van der Waals surface area (Å²) in [5.41, 5.74) is 0.262. The van der Waals surface area contributed by atoms with E-state index in [2.05, 4.69) is 5.32 Å². The minimum atomic E-state index is -0.484. The first kappa shape index (κ1) is 17.7. The highest BCUT2D eigenvalue weighted by Gasteiger charge is 2.23. The fourth-order valence-electron chi connectivity index (χ4n) is 2.60. The van der Waals surface area contributed by atoms with E-state index in [4.69, 9.17) is 0 Å². The summed E-state index contributed by atoms with van der Waals surface area (Å²) < 4.78 is 26.6. The summed E-state index contributed by atoms with van der Waals surface area (Å²) in [5.74, 6) is -0.624. The van der Waals surface area contributed by atoms with Gasteiger partial charge in [-0.2, -0.15) is 0 Å². The molecule has 1 saturated heterocycles. The summed E-state index contributed by atoms with van der Waals surface area (Å²) in [6, 6.07) is 3.32. The van der Waals surface area contributed by atoms with Crippen LogP contribution in [0.1, 0.15) is 25.3 Å². The maximum absolute atomic E-state index is 13.5. The van der Waals surface area contributed by atoms with E-state index in [1.165, 1.54) is 18.7 Å². The van der Waals surface area contributed by atoms with Crippen molar-refractivity contribution in [2.75, 3.05) is 18.8 Å². The van der Waals surface area contributed by atoms with Crippen LogP contribution >= 0.6 is 11.8 Å². The molecule has 1 atom stereocenters. The van der Waals surface area contributed by atoms with Crippen LogP contribution in [-0.4, -0.2) is 41.6 Å². The number of hydrogen-bond donors (Lipinski definition) is 1. The third-order valence-electron chi connectivity index (χ3n) is 3.67. The molecule has 0 bridgehead atoms. The Bertz CT molecular complexity index is 583. The number of carbonyl (C=O) groups is 2. The monoisotopic (exact) mass is 342 g/mol. The van der Waals surface area contributed by atoms with E-state index < -0.39 is 11.6 Å². The number of nitrogens with one attached hydrogen (secondary N) is 1. The van der Waals surface area contributed by atoms with Gasteiger partial charge in [-0.1, -0.05) is 0 Å². The lowest BCUT2D eigenvalue weighted by molar-refractivity contribution is -0.130. The number of amides is 2. The Kier molecular flexibility index (Phi) is 6.38. The molecule has 126 valence electrons. The number of halogens is 2. The molecule has 1 fully saturated rings. The molecule has 2 amide bonds. The molecule has 1 aromatic carbocycles. The van der Waals surface area contributed by atoms with Gasteiger partial charge in [0.2, 0.25) is 11.8 Å². The molecule has 4 nitrogen and oxygen atoms in total. The van der Waals surface area contributed by atoms with Crippen molar-refractivity contribution in [3.05, 3.63) is 35.4 Å². The van der Waals surface area contributed by atoms with Crippen LogP contribution in [0.15, 0.2) is 18.2 Å². The van der Waals surface area contributed by atoms with Crippen molar-refractivity contribution < 1.29 is 18.4 Å². The zero-order chi connectivity index (χ0) is 16.8. The van der Waals surface area contributed by atoms with Gasteiger partial charge in [0.05, 0.1) is 5.75 Å². The van der Waals surface area contributed by atoms with Gasteiger partial charge in [-0.15, -0.1) is 11.8 Å². The standard InChI is InChI=1S/C16H20F2N2O2S/c1-11(21)19-14-3-2-6-20(8-14)16(22)10-23-9-12-7-13(17)4-5-15(12)18/h4-5,7,14H,2-3,6,8-10H2,1H3,(H,19,21)/t14-/m0/s1. The zero-order valence-corrected chi connectivity index (χ0v) is 13.8. The van der Waals surface area contributed by atoms with E-state index in [1.54, 1.807) is 4.90 Å². The number of carbonyl (C=O) groups excluding carboxylic acids is 2. The van der Waals surface area contributed by atoms with Crippen LogP contribution in [-0.2, 0) is 15.3 Å². The minimum absolute atomic E-state index is 0.00383. The van der Waals surface area contributed by atoms with E-state index in [0.29, 0.717) is 13.1 Å². The van der Waals surface area contributed by atoms with Crippen LogP contribution in [0, 0.1) is 11.6 Å². The third kappa shape index (κ3) is 5.49. The van der Waals surface area contributed by atoms with E-state index in [-0.39, 0.29) is 34.9 Å². The van der Waals surface area contributed by atoms with Gasteiger partial charge < -0.3 is 10.2 Å². The first-order valence-corrected chi connectivity index (χ1v) is 8.67. The SMILES string of the molecule is CC(=O)N[C@H]1CCCN(C(=O)CSCc2cc(F)ccc2F)C1. The lowest BCUT2D eigenvalue weighted by Crippen LogP contribution is -2.49. The fourth-order valence-corrected chi connectivity index (χ4v) is 3.50. The molecule has 0 spiro atoms. The Morgan fingerprint density at radius 3 is 2.91 bits per heavy atom. The van der Waals surface area contributed by atoms with Gasteiger partial charge in [-0.05, 0) is 31.0 Å². The molecule has 1 aliphatic rings. The van der Waals surface area contributed by atoms with Gasteiger partial charge in [-0.3, -0.25) is 9.59 Å². The molecular weight excluding hydrogens is 322 g/mol. The van der Waals surface area contributed by atoms with Crippen LogP contribution in [0.5, 0.6) is 0 Å². The molecule has 1 heterocycles. The number of likely N-dealkylation sites (tertiary alicyclic amines) is 1. The van der Waals surface area contributed by atoms with Gasteiger partial charge in [0.1, 0.15) is 11.6 Å². The number of thioether (sulfide) groups is 1. The van der Waals surface area contributed by atoms with Gasteiger partial charge >= 0.3 is 0 Å². The normalized spacial score (nSPS) is 17.9. The van der Waals surface area contributed by atoms with Gasteiger partial charge in [0.15, 0.2) is 0 Å². The Morgan fingerprint density at radius 1 is 1.39 bits per heavy atom. The average molecular weight is 342 g/mol. The van der Waals surface area contributed by atoms with Crippen LogP contribution in [0.3, 0.4) is 0 Å². The fraction of sp³-hybridized carbons (Fsp3) is 0.500. The molecule has 1 aliphatic heterocycles. The van der Waals surface area contributed by atoms with Crippen molar-refractivity contribution in [2.24, 2.45) is 0 Å². The molecule has 0 aliphatic carbocycles. The van der Waals surface area contributed by atoms with E-state index in [9.17, 15) is 18.4 Å². The Morgan fingerprint density at radius 2 is 2.17 bits per heavy atom. The summed E-state index contributed by atoms with van der Waals surface area (Å²) in [7, 11) is 0. The summed E-state index contributed by atoms with van der Waals surface area (Å²) in [4.78, 5) is 25.0. The molecule has 23 heavy (non-hydrogen) atoms. The first-order chi connectivity index (χ1) is 11.0. The lowest BCUT2D eigenvalue weighted by Gasteiger charge is -2.33. The van der Waals surface area contributed by atoms with E-state index in [0.717, 1.165) is 31.0 Å². The van der Waals surface area contributed by atoms with Crippen LogP contribution in [0.2, 0.25) is 0 Å². The van der Waals surface area contributed by atoms with Crippen LogP contribution < -0.4 is 5.32 Å². The number of piperidine rings is 1. The number of rotatable bonds is 5. The summed E-state index contributed by atoms with van der Waals surface area (Å²) in [6.07, 6.45) is 1.71. The smallest absolute Gasteiger partial charge is 0.232 e. The highest BCUT2D eigenvalue weighted by molar-refractivity contribution is 7.99. The maximum atomic E-state index is 13.5. The molecule has 1 aromatic rings. The predicted octanol–water partition coefficient (Wildman–Crippen LogP) is 2.33. The van der Waals surface area contributed by atoms with Crippen molar-refractivity contribution in [1.29, 1.82) is 0 Å². The van der Waals surface area contributed by atoms with Crippen molar-refractivity contribution in [3.8, 4) is 0 Å². The number of nitrogens with zero attached hydrogens (tertiary/aromatic N) is 1. The maximum Gasteiger partial charge on any atom is 0.232 e. The first-order valence-electron chi connectivity index (χ1n) is 7.52. The second kappa shape index (κ2) is 8.29. The Hall–Kier alpha value is -1.63. The largest absolute Gasteiger partial charge is 0.352 e. The molecule has 0 unspecified atom stereocenters. The van der Waals surface area contributed by atoms with E-state index >= 15 is 0 Å². The molecular formula is C16H20F2N2O2S. The molecule has 2 rings (SSSR count). The van der Waals surface area contributed by atoms with Crippen molar-refractivity contribution in [1.82, 2.24) is 10.2 Å². The topological polar surface area (TPSA) is 49.4 Å². The zero-order valence-electron chi connectivity index (χ0n) is 13.0. The van der Waals surface area contributed by atoms with Crippen LogP contribution in [0.4, 0.5) is 8.78 Å². The van der Waals surface area contributed by atoms with Crippen molar-refractivity contribution in [3.63, 3.8) is 0 Å². The Balaban J connectivity index is 1.80. The molecule has 0 aromatic heterocycles. The van der Waals surface area contributed by atoms with Crippen LogP contribution in [0.25, 0.3) is 0 Å². The molecule has 0 radical (unpaired) electrons. The van der Waals surface area contributed by atoms with Crippen molar-refractivity contribution >= 4 is 23.6 Å². The molecule has 7 heteroatoms. The summed E-state index contributed by atoms with van der Waals surface area (Å²) in [5, 5.41) is 2.83. The second-order valence-corrected chi connectivity index (χ2v) is 6.59. The number of hydrogen-bond acceptors (Lipinski definition) is 3. The predicted molar refractivity (Wildman–Crippen MR) is 85.9 cm³/mol. The minimum Gasteiger partial charge on any atom is -0.352 e. The Labute approximate surface area is 138 Å². The van der Waals surface area contributed by atoms with E-state index in [1.807, 2.05) is 0 Å². The third-order valence-corrected chi connectivity index (χ3v) is 4.64. The van der Waals surface area contributed by atoms with Gasteiger partial charge in [0, 0.05) is 37.4 Å². The molecule has 0 saturated carbocycles. The second-order valence-electron chi connectivity index (χ2n) is 5.61. The van der Waals surface area contributed by atoms with Gasteiger partial charge in [-0.25, -0.2) is 8.78 Å². The molecule has 1 N–H and O–H groups in total. The highest BCUT2D eigenvalue weighted by atomic mass is 32.2. The lowest BCUT2D eigenvalue weighted by atomic mass is 10.1.